The molecule has 15 heavy (non-hydrogen) atoms. The van der Waals surface area contributed by atoms with Crippen LogP contribution in [-0.4, -0.2) is 8.76 Å². The van der Waals surface area contributed by atoms with Crippen molar-refractivity contribution < 1.29 is 12.9 Å². The third kappa shape index (κ3) is 3.71. The van der Waals surface area contributed by atoms with Crippen molar-refractivity contribution in [2.75, 3.05) is 0 Å². The largest absolute Gasteiger partial charge is 0.750 e. The van der Waals surface area contributed by atoms with Gasteiger partial charge >= 0.3 is 0 Å². The Bertz CT molecular complexity index is 326. The first-order chi connectivity index (χ1) is 7.17. The fraction of sp³-hybridized carbons (Fsp3) is 0.400. The predicted octanol–water partition coefficient (Wildman–Crippen LogP) is 1.41. The zero-order valence-corrected chi connectivity index (χ0v) is 9.33. The van der Waals surface area contributed by atoms with Crippen molar-refractivity contribution in [2.45, 2.75) is 26.0 Å². The maximum Gasteiger partial charge on any atom is 0.0984 e. The summed E-state index contributed by atoms with van der Waals surface area (Å²) in [5, 5.41) is 0. The molecule has 0 aliphatic carbocycles. The highest BCUT2D eigenvalue weighted by Crippen LogP contribution is 2.21. The second-order valence-electron chi connectivity index (χ2n) is 3.14. The monoisotopic (exact) mass is 228 g/mol. The average molecular weight is 228 g/mol. The van der Waals surface area contributed by atoms with Gasteiger partial charge in [0.15, 0.2) is 0 Å². The Hall–Kier alpha value is -0.750. The molecule has 2 atom stereocenters. The molecule has 0 bridgehead atoms. The van der Waals surface area contributed by atoms with Crippen molar-refractivity contribution >= 4 is 11.4 Å². The summed E-state index contributed by atoms with van der Waals surface area (Å²) in [5.41, 5.74) is 7.32. The first-order valence-corrected chi connectivity index (χ1v) is 5.72. The van der Waals surface area contributed by atoms with E-state index in [-0.39, 0.29) is 0 Å². The Morgan fingerprint density at radius 3 is 2.47 bits per heavy atom. The lowest BCUT2D eigenvalue weighted by atomic mass is 10.1. The summed E-state index contributed by atoms with van der Waals surface area (Å²) >= 11 is -2.48. The molecule has 0 saturated heterocycles. The number of hydrogen-bond donors (Lipinski definition) is 1. The first-order valence-electron chi connectivity index (χ1n) is 4.72. The fourth-order valence-electron chi connectivity index (χ4n) is 1.32. The van der Waals surface area contributed by atoms with Crippen LogP contribution in [0.1, 0.15) is 30.6 Å². The standard InChI is InChI=1S/C10H15NO3S/c1-2-10(14-15(12)13)9-5-3-8(7-11)4-6-9/h3-6,10H,2,7,11H2,1H3,(H,12,13)/p-1. The van der Waals surface area contributed by atoms with Gasteiger partial charge in [-0.25, -0.2) is 4.21 Å². The van der Waals surface area contributed by atoms with Gasteiger partial charge < -0.3 is 10.3 Å². The highest BCUT2D eigenvalue weighted by molar-refractivity contribution is 7.74. The molecule has 0 saturated carbocycles. The van der Waals surface area contributed by atoms with Gasteiger partial charge in [0.1, 0.15) is 0 Å². The van der Waals surface area contributed by atoms with Crippen molar-refractivity contribution in [3.63, 3.8) is 0 Å². The van der Waals surface area contributed by atoms with E-state index in [0.717, 1.165) is 11.1 Å². The Kier molecular flexibility index (Phi) is 4.90. The van der Waals surface area contributed by atoms with Gasteiger partial charge in [-0.3, -0.25) is 4.18 Å². The van der Waals surface area contributed by atoms with E-state index in [4.69, 9.17) is 9.92 Å². The van der Waals surface area contributed by atoms with Gasteiger partial charge in [-0.2, -0.15) is 0 Å². The van der Waals surface area contributed by atoms with Crippen LogP contribution in [0.25, 0.3) is 0 Å². The lowest BCUT2D eigenvalue weighted by Crippen LogP contribution is -2.06. The molecule has 5 heteroatoms. The minimum Gasteiger partial charge on any atom is -0.750 e. The molecule has 1 rings (SSSR count). The summed E-state index contributed by atoms with van der Waals surface area (Å²) in [6.07, 6.45) is 0.200. The molecule has 0 aliphatic heterocycles. The van der Waals surface area contributed by atoms with Crippen LogP contribution in [0.3, 0.4) is 0 Å². The lowest BCUT2D eigenvalue weighted by molar-refractivity contribution is 0.200. The van der Waals surface area contributed by atoms with E-state index >= 15 is 0 Å². The zero-order valence-electron chi connectivity index (χ0n) is 8.51. The van der Waals surface area contributed by atoms with Crippen LogP contribution in [0, 0.1) is 0 Å². The van der Waals surface area contributed by atoms with Crippen molar-refractivity contribution in [1.82, 2.24) is 0 Å². The molecular weight excluding hydrogens is 214 g/mol. The van der Waals surface area contributed by atoms with E-state index < -0.39 is 17.5 Å². The molecule has 0 heterocycles. The summed E-state index contributed by atoms with van der Waals surface area (Å²) < 4.78 is 25.6. The third-order valence-corrected chi connectivity index (χ3v) is 2.54. The minimum absolute atomic E-state index is 0.407. The fourth-order valence-corrected chi connectivity index (χ4v) is 1.76. The van der Waals surface area contributed by atoms with Crippen LogP contribution < -0.4 is 5.73 Å². The van der Waals surface area contributed by atoms with Gasteiger partial charge in [-0.05, 0) is 17.5 Å². The topological polar surface area (TPSA) is 75.4 Å². The molecule has 0 fully saturated rings. The number of benzene rings is 1. The number of nitrogens with two attached hydrogens (primary N) is 1. The summed E-state index contributed by atoms with van der Waals surface area (Å²) in [7, 11) is 0. The second kappa shape index (κ2) is 5.97. The number of hydrogen-bond acceptors (Lipinski definition) is 4. The maximum absolute atomic E-state index is 10.4. The molecule has 0 amide bonds. The van der Waals surface area contributed by atoms with Gasteiger partial charge in [-0.1, -0.05) is 31.2 Å². The predicted molar refractivity (Wildman–Crippen MR) is 57.4 cm³/mol. The van der Waals surface area contributed by atoms with Gasteiger partial charge in [0, 0.05) is 6.54 Å². The third-order valence-electron chi connectivity index (χ3n) is 2.15. The SMILES string of the molecule is CCC(OS(=O)[O-])c1ccc(CN)cc1. The Morgan fingerprint density at radius 1 is 1.47 bits per heavy atom. The van der Waals surface area contributed by atoms with Crippen LogP contribution in [0.2, 0.25) is 0 Å². The average Bonchev–Trinajstić information content (AvgIpc) is 2.26. The highest BCUT2D eigenvalue weighted by Gasteiger charge is 2.09. The molecule has 2 N–H and O–H groups in total. The number of rotatable bonds is 5. The van der Waals surface area contributed by atoms with Crippen molar-refractivity contribution in [2.24, 2.45) is 5.73 Å². The summed E-state index contributed by atoms with van der Waals surface area (Å²) in [6.45, 7) is 2.35. The summed E-state index contributed by atoms with van der Waals surface area (Å²) in [4.78, 5) is 0. The van der Waals surface area contributed by atoms with Crippen LogP contribution in [-0.2, 0) is 22.1 Å². The normalized spacial score (nSPS) is 14.9. The lowest BCUT2D eigenvalue weighted by Gasteiger charge is -2.17. The molecule has 84 valence electrons. The molecule has 0 radical (unpaired) electrons. The van der Waals surface area contributed by atoms with Gasteiger partial charge in [0.05, 0.1) is 17.5 Å². The summed E-state index contributed by atoms with van der Waals surface area (Å²) in [5.74, 6) is 0. The van der Waals surface area contributed by atoms with E-state index in [1.54, 1.807) is 0 Å². The van der Waals surface area contributed by atoms with Crippen LogP contribution in [0.4, 0.5) is 0 Å². The molecular formula is C10H14NO3S-. The Morgan fingerprint density at radius 2 is 2.07 bits per heavy atom. The Balaban J connectivity index is 2.78. The van der Waals surface area contributed by atoms with Gasteiger partial charge in [-0.15, -0.1) is 0 Å². The van der Waals surface area contributed by atoms with Crippen LogP contribution >= 0.6 is 0 Å². The molecule has 0 aromatic heterocycles. The molecule has 2 unspecified atom stereocenters. The first kappa shape index (κ1) is 12.3. The molecule has 0 spiro atoms. The van der Waals surface area contributed by atoms with Crippen LogP contribution in [0.5, 0.6) is 0 Å². The summed E-state index contributed by atoms with van der Waals surface area (Å²) in [6, 6.07) is 7.41. The van der Waals surface area contributed by atoms with Crippen LogP contribution in [0.15, 0.2) is 24.3 Å². The highest BCUT2D eigenvalue weighted by atomic mass is 32.2. The van der Waals surface area contributed by atoms with Gasteiger partial charge in [0.25, 0.3) is 0 Å². The second-order valence-corrected chi connectivity index (χ2v) is 3.74. The maximum atomic E-state index is 10.4. The van der Waals surface area contributed by atoms with E-state index in [2.05, 4.69) is 0 Å². The molecule has 1 aromatic carbocycles. The zero-order chi connectivity index (χ0) is 11.3. The van der Waals surface area contributed by atoms with Gasteiger partial charge in [0.2, 0.25) is 0 Å². The van der Waals surface area contributed by atoms with E-state index in [1.807, 2.05) is 31.2 Å². The van der Waals surface area contributed by atoms with E-state index in [1.165, 1.54) is 0 Å². The van der Waals surface area contributed by atoms with Crippen molar-refractivity contribution in [1.29, 1.82) is 0 Å². The van der Waals surface area contributed by atoms with E-state index in [0.29, 0.717) is 13.0 Å². The van der Waals surface area contributed by atoms with Crippen molar-refractivity contribution in [3.05, 3.63) is 35.4 Å². The minimum atomic E-state index is -2.48. The molecule has 1 aromatic rings. The van der Waals surface area contributed by atoms with Crippen molar-refractivity contribution in [3.8, 4) is 0 Å². The quantitative estimate of drug-likeness (QED) is 0.773. The molecule has 4 nitrogen and oxygen atoms in total. The Labute approximate surface area is 91.9 Å². The van der Waals surface area contributed by atoms with E-state index in [9.17, 15) is 8.76 Å². The smallest absolute Gasteiger partial charge is 0.0984 e. The molecule has 0 aliphatic rings.